The molecule has 1 aliphatic heterocycles. The van der Waals surface area contributed by atoms with Crippen LogP contribution in [0.25, 0.3) is 0 Å². The lowest BCUT2D eigenvalue weighted by Crippen LogP contribution is -2.45. The molecule has 1 heterocycles. The van der Waals surface area contributed by atoms with Gasteiger partial charge in [0.25, 0.3) is 0 Å². The Morgan fingerprint density at radius 2 is 1.71 bits per heavy atom. The molecule has 0 spiro atoms. The zero-order chi connectivity index (χ0) is 14.7. The average molecular weight is 283 g/mol. The predicted molar refractivity (Wildman–Crippen MR) is 81.0 cm³/mol. The van der Waals surface area contributed by atoms with E-state index in [4.69, 9.17) is 0 Å². The molecule has 3 rings (SSSR count). The number of benzene rings is 2. The lowest BCUT2D eigenvalue weighted by Gasteiger charge is -2.37. The molecule has 1 N–H and O–H groups in total. The molecular formula is C18H18FNO. The van der Waals surface area contributed by atoms with Gasteiger partial charge in [-0.1, -0.05) is 42.5 Å². The first-order valence-electron chi connectivity index (χ1n) is 7.29. The van der Waals surface area contributed by atoms with Crippen molar-refractivity contribution in [2.75, 3.05) is 13.1 Å². The highest BCUT2D eigenvalue weighted by Crippen LogP contribution is 2.36. The minimum atomic E-state index is -0.541. The van der Waals surface area contributed by atoms with Crippen LogP contribution >= 0.6 is 0 Å². The molecule has 0 aromatic heterocycles. The summed E-state index contributed by atoms with van der Waals surface area (Å²) in [5.74, 6) is -0.340. The summed E-state index contributed by atoms with van der Waals surface area (Å²) in [6.45, 7) is 1.60. The van der Waals surface area contributed by atoms with Crippen LogP contribution in [-0.4, -0.2) is 18.9 Å². The Labute approximate surface area is 124 Å². The molecule has 2 aromatic rings. The zero-order valence-corrected chi connectivity index (χ0v) is 11.8. The highest BCUT2D eigenvalue weighted by atomic mass is 19.1. The van der Waals surface area contributed by atoms with Crippen molar-refractivity contribution in [3.8, 4) is 0 Å². The standard InChI is InChI=1S/C18H18FNO/c19-16-8-4-5-14(13-16)17(21)18(9-11-20-12-10-18)15-6-2-1-3-7-15/h1-8,13,20H,9-12H2. The molecule has 0 amide bonds. The molecule has 1 fully saturated rings. The maximum absolute atomic E-state index is 13.5. The number of ketones is 1. The quantitative estimate of drug-likeness (QED) is 0.875. The fourth-order valence-electron chi connectivity index (χ4n) is 3.16. The van der Waals surface area contributed by atoms with Crippen LogP contribution < -0.4 is 5.32 Å². The summed E-state index contributed by atoms with van der Waals surface area (Å²) in [6.07, 6.45) is 1.48. The third kappa shape index (κ3) is 2.61. The largest absolute Gasteiger partial charge is 0.317 e. The number of nitrogens with one attached hydrogen (secondary N) is 1. The van der Waals surface area contributed by atoms with Gasteiger partial charge in [0.05, 0.1) is 5.41 Å². The van der Waals surface area contributed by atoms with E-state index in [0.717, 1.165) is 31.5 Å². The van der Waals surface area contributed by atoms with E-state index in [9.17, 15) is 9.18 Å². The molecule has 108 valence electrons. The number of piperidine rings is 1. The van der Waals surface area contributed by atoms with Crippen LogP contribution in [0.3, 0.4) is 0 Å². The molecule has 1 aliphatic rings. The lowest BCUT2D eigenvalue weighted by molar-refractivity contribution is 0.0847. The van der Waals surface area contributed by atoms with Crippen LogP contribution in [0.5, 0.6) is 0 Å². The Kier molecular flexibility index (Phi) is 3.84. The summed E-state index contributed by atoms with van der Waals surface area (Å²) in [7, 11) is 0. The number of carbonyl (C=O) groups excluding carboxylic acids is 1. The summed E-state index contributed by atoms with van der Waals surface area (Å²) < 4.78 is 13.5. The van der Waals surface area contributed by atoms with Crippen molar-refractivity contribution in [2.24, 2.45) is 0 Å². The van der Waals surface area contributed by atoms with E-state index in [-0.39, 0.29) is 11.6 Å². The van der Waals surface area contributed by atoms with Crippen molar-refractivity contribution >= 4 is 5.78 Å². The van der Waals surface area contributed by atoms with E-state index in [1.54, 1.807) is 12.1 Å². The third-order valence-corrected chi connectivity index (χ3v) is 4.30. The average Bonchev–Trinajstić information content (AvgIpc) is 2.55. The molecular weight excluding hydrogens is 265 g/mol. The molecule has 3 heteroatoms. The van der Waals surface area contributed by atoms with Crippen molar-refractivity contribution in [2.45, 2.75) is 18.3 Å². The van der Waals surface area contributed by atoms with Gasteiger partial charge in [-0.2, -0.15) is 0 Å². The van der Waals surface area contributed by atoms with Gasteiger partial charge in [0.1, 0.15) is 5.82 Å². The van der Waals surface area contributed by atoms with Crippen LogP contribution in [0.1, 0.15) is 28.8 Å². The van der Waals surface area contributed by atoms with Gasteiger partial charge in [-0.15, -0.1) is 0 Å². The Hall–Kier alpha value is -2.00. The number of hydrogen-bond acceptors (Lipinski definition) is 2. The Morgan fingerprint density at radius 1 is 1.00 bits per heavy atom. The fourth-order valence-corrected chi connectivity index (χ4v) is 3.16. The number of Topliss-reactive ketones (excluding diaryl/α,β-unsaturated/α-hetero) is 1. The summed E-state index contributed by atoms with van der Waals surface area (Å²) in [5, 5.41) is 3.30. The Bertz CT molecular complexity index is 633. The van der Waals surface area contributed by atoms with Gasteiger partial charge in [0.2, 0.25) is 0 Å². The topological polar surface area (TPSA) is 29.1 Å². The minimum Gasteiger partial charge on any atom is -0.317 e. The summed E-state index contributed by atoms with van der Waals surface area (Å²) in [5.41, 5.74) is 0.946. The second-order valence-electron chi connectivity index (χ2n) is 5.54. The summed E-state index contributed by atoms with van der Waals surface area (Å²) in [4.78, 5) is 13.1. The van der Waals surface area contributed by atoms with Gasteiger partial charge in [-0.3, -0.25) is 4.79 Å². The van der Waals surface area contributed by atoms with Gasteiger partial charge in [-0.05, 0) is 43.6 Å². The normalized spacial score (nSPS) is 17.4. The number of halogens is 1. The second kappa shape index (κ2) is 5.78. The third-order valence-electron chi connectivity index (χ3n) is 4.30. The fraction of sp³-hybridized carbons (Fsp3) is 0.278. The molecule has 0 bridgehead atoms. The SMILES string of the molecule is O=C(c1cccc(F)c1)C1(c2ccccc2)CCNCC1. The Balaban J connectivity index is 2.06. The maximum Gasteiger partial charge on any atom is 0.173 e. The van der Waals surface area contributed by atoms with Gasteiger partial charge in [-0.25, -0.2) is 4.39 Å². The minimum absolute atomic E-state index is 0.0229. The Morgan fingerprint density at radius 3 is 2.38 bits per heavy atom. The van der Waals surface area contributed by atoms with Crippen molar-refractivity contribution in [1.82, 2.24) is 5.32 Å². The van der Waals surface area contributed by atoms with Crippen molar-refractivity contribution in [1.29, 1.82) is 0 Å². The highest BCUT2D eigenvalue weighted by Gasteiger charge is 2.41. The molecule has 2 aromatic carbocycles. The van der Waals surface area contributed by atoms with Crippen LogP contribution in [-0.2, 0) is 5.41 Å². The molecule has 1 saturated heterocycles. The van der Waals surface area contributed by atoms with Gasteiger partial charge < -0.3 is 5.32 Å². The highest BCUT2D eigenvalue weighted by molar-refractivity contribution is 6.04. The molecule has 2 nitrogen and oxygen atoms in total. The molecule has 0 saturated carbocycles. The van der Waals surface area contributed by atoms with E-state index < -0.39 is 5.41 Å². The first-order chi connectivity index (χ1) is 10.2. The zero-order valence-electron chi connectivity index (χ0n) is 11.8. The van der Waals surface area contributed by atoms with Gasteiger partial charge >= 0.3 is 0 Å². The molecule has 0 unspecified atom stereocenters. The van der Waals surface area contributed by atoms with E-state index in [0.29, 0.717) is 5.56 Å². The monoisotopic (exact) mass is 283 g/mol. The van der Waals surface area contributed by atoms with E-state index in [1.807, 2.05) is 30.3 Å². The van der Waals surface area contributed by atoms with Crippen molar-refractivity contribution in [3.63, 3.8) is 0 Å². The van der Waals surface area contributed by atoms with Crippen molar-refractivity contribution < 1.29 is 9.18 Å². The van der Waals surface area contributed by atoms with Crippen molar-refractivity contribution in [3.05, 3.63) is 71.5 Å². The maximum atomic E-state index is 13.5. The smallest absolute Gasteiger partial charge is 0.173 e. The predicted octanol–water partition coefficient (Wildman–Crippen LogP) is 3.33. The first-order valence-corrected chi connectivity index (χ1v) is 7.29. The molecule has 0 atom stereocenters. The second-order valence-corrected chi connectivity index (χ2v) is 5.54. The molecule has 21 heavy (non-hydrogen) atoms. The molecule has 0 aliphatic carbocycles. The van der Waals surface area contributed by atoms with Gasteiger partial charge in [0, 0.05) is 5.56 Å². The van der Waals surface area contributed by atoms with Crippen LogP contribution in [0.4, 0.5) is 4.39 Å². The number of rotatable bonds is 3. The number of hydrogen-bond donors (Lipinski definition) is 1. The van der Waals surface area contributed by atoms with Crippen LogP contribution in [0, 0.1) is 5.82 Å². The first kappa shape index (κ1) is 14.0. The van der Waals surface area contributed by atoms with E-state index in [2.05, 4.69) is 5.32 Å². The summed E-state index contributed by atoms with van der Waals surface area (Å²) >= 11 is 0. The molecule has 0 radical (unpaired) electrons. The van der Waals surface area contributed by atoms with E-state index in [1.165, 1.54) is 12.1 Å². The van der Waals surface area contributed by atoms with Crippen LogP contribution in [0.15, 0.2) is 54.6 Å². The van der Waals surface area contributed by atoms with Gasteiger partial charge in [0.15, 0.2) is 5.78 Å². The number of carbonyl (C=O) groups is 1. The lowest BCUT2D eigenvalue weighted by atomic mass is 9.68. The van der Waals surface area contributed by atoms with E-state index >= 15 is 0 Å². The summed E-state index contributed by atoms with van der Waals surface area (Å²) in [6, 6.07) is 15.9. The van der Waals surface area contributed by atoms with Crippen LogP contribution in [0.2, 0.25) is 0 Å².